The number of likely N-dealkylation sites (tertiary alicyclic amines) is 2. The summed E-state index contributed by atoms with van der Waals surface area (Å²) in [4.78, 5) is 23.0. The zero-order valence-corrected chi connectivity index (χ0v) is 28.3. The van der Waals surface area contributed by atoms with E-state index < -0.39 is 45.8 Å². The summed E-state index contributed by atoms with van der Waals surface area (Å²) in [5.74, 6) is -1.19. The van der Waals surface area contributed by atoms with Crippen LogP contribution in [-0.4, -0.2) is 85.0 Å². The van der Waals surface area contributed by atoms with Crippen LogP contribution in [0.2, 0.25) is 0 Å². The normalized spacial score (nSPS) is 19.0. The van der Waals surface area contributed by atoms with Gasteiger partial charge in [-0.25, -0.2) is 13.4 Å². The number of carbonyl (C=O) groups excluding carboxylic acids is 1. The summed E-state index contributed by atoms with van der Waals surface area (Å²) in [5.41, 5.74) is -1.53. The zero-order chi connectivity index (χ0) is 36.7. The van der Waals surface area contributed by atoms with Crippen LogP contribution in [0.5, 0.6) is 0 Å². The number of aliphatic hydroxyl groups is 1. The number of halogens is 6. The van der Waals surface area contributed by atoms with E-state index >= 15 is 0 Å². The summed E-state index contributed by atoms with van der Waals surface area (Å²) in [5, 5.41) is 12.1. The third-order valence-corrected chi connectivity index (χ3v) is 10.7. The van der Waals surface area contributed by atoms with Crippen LogP contribution in [0, 0.1) is 0 Å². The van der Waals surface area contributed by atoms with Crippen molar-refractivity contribution in [2.75, 3.05) is 32.4 Å². The molecule has 0 aliphatic carbocycles. The molecule has 272 valence electrons. The van der Waals surface area contributed by atoms with E-state index in [0.29, 0.717) is 38.9 Å². The number of alkyl halides is 6. The van der Waals surface area contributed by atoms with E-state index in [1.807, 2.05) is 4.90 Å². The van der Waals surface area contributed by atoms with Crippen molar-refractivity contribution in [3.8, 4) is 11.3 Å². The highest BCUT2D eigenvalue weighted by Crippen LogP contribution is 2.38. The Kier molecular flexibility index (Phi) is 10.2. The largest absolute Gasteiger partial charge is 0.416 e. The van der Waals surface area contributed by atoms with Crippen LogP contribution in [-0.2, 0) is 22.6 Å². The molecule has 0 unspecified atom stereocenters. The summed E-state index contributed by atoms with van der Waals surface area (Å²) < 4.78 is 111. The Balaban J connectivity index is 1.52. The van der Waals surface area contributed by atoms with Crippen molar-refractivity contribution in [1.82, 2.24) is 20.1 Å². The molecule has 0 saturated carbocycles. The van der Waals surface area contributed by atoms with Crippen molar-refractivity contribution in [3.05, 3.63) is 95.1 Å². The number of pyridine rings is 1. The fourth-order valence-corrected chi connectivity index (χ4v) is 7.62. The quantitative estimate of drug-likeness (QED) is 0.203. The van der Waals surface area contributed by atoms with Gasteiger partial charge in [-0.1, -0.05) is 42.5 Å². The molecule has 2 atom stereocenters. The van der Waals surface area contributed by atoms with Gasteiger partial charge in [-0.2, -0.15) is 26.3 Å². The first-order chi connectivity index (χ1) is 24.0. The maximum atomic E-state index is 14.5. The number of benzene rings is 3. The molecule has 15 heteroatoms. The minimum Gasteiger partial charge on any atom is -0.392 e. The van der Waals surface area contributed by atoms with E-state index in [1.54, 1.807) is 0 Å². The fourth-order valence-electron chi connectivity index (χ4n) is 6.98. The summed E-state index contributed by atoms with van der Waals surface area (Å²) in [7, 11) is -3.87. The molecule has 6 rings (SSSR count). The number of β-amino-alcohol motifs (C(OH)–C–C–N with tert-alkyl or cyclic N) is 1. The Morgan fingerprint density at radius 2 is 1.65 bits per heavy atom. The highest BCUT2D eigenvalue weighted by molar-refractivity contribution is 7.90. The maximum absolute atomic E-state index is 14.5. The van der Waals surface area contributed by atoms with Crippen molar-refractivity contribution >= 4 is 26.6 Å². The van der Waals surface area contributed by atoms with Crippen LogP contribution in [0.15, 0.2) is 77.7 Å². The summed E-state index contributed by atoms with van der Waals surface area (Å²) in [6.07, 6.45) is -7.11. The molecule has 1 aromatic heterocycles. The van der Waals surface area contributed by atoms with Gasteiger partial charge < -0.3 is 10.4 Å². The van der Waals surface area contributed by atoms with Gasteiger partial charge in [0.15, 0.2) is 15.9 Å². The van der Waals surface area contributed by atoms with Gasteiger partial charge in [-0.3, -0.25) is 14.6 Å². The molecule has 2 fully saturated rings. The summed E-state index contributed by atoms with van der Waals surface area (Å²) in [6.45, 7) is 2.19. The van der Waals surface area contributed by atoms with E-state index in [4.69, 9.17) is 0 Å². The van der Waals surface area contributed by atoms with Gasteiger partial charge in [-0.05, 0) is 68.2 Å². The number of aliphatic hydroxyl groups excluding tert-OH is 1. The lowest BCUT2D eigenvalue weighted by Crippen LogP contribution is -2.44. The lowest BCUT2D eigenvalue weighted by atomic mass is 9.93. The first kappa shape index (κ1) is 36.7. The summed E-state index contributed by atoms with van der Waals surface area (Å²) >= 11 is 0. The number of amides is 1. The first-order valence-electron chi connectivity index (χ1n) is 16.4. The topological polar surface area (TPSA) is 103 Å². The van der Waals surface area contributed by atoms with Crippen molar-refractivity contribution in [2.24, 2.45) is 0 Å². The molecule has 0 spiro atoms. The molecular weight excluding hydrogens is 698 g/mol. The van der Waals surface area contributed by atoms with Gasteiger partial charge in [0.1, 0.15) is 0 Å². The second-order valence-electron chi connectivity index (χ2n) is 13.1. The molecule has 0 radical (unpaired) electrons. The number of nitrogens with one attached hydrogen (secondary N) is 1. The Hall–Kier alpha value is -4.05. The SMILES string of the molecule is CS(=O)(=O)c1ccc2nc(-c3cccc(C(F)(F)F)c3)c(CN3CCC(N4CC[C@H](O)C4)CC3)c(C(=O)N[C@H](c3ccccc3)C(F)(F)F)c2c1. The van der Waals surface area contributed by atoms with Crippen LogP contribution in [0.3, 0.4) is 0 Å². The number of carbonyl (C=O) groups is 1. The Morgan fingerprint density at radius 3 is 2.25 bits per heavy atom. The van der Waals surface area contributed by atoms with Crippen molar-refractivity contribution in [3.63, 3.8) is 0 Å². The number of hydrogen-bond donors (Lipinski definition) is 2. The fraction of sp³-hybridized carbons (Fsp3) is 0.389. The van der Waals surface area contributed by atoms with E-state index in [1.165, 1.54) is 60.7 Å². The molecule has 51 heavy (non-hydrogen) atoms. The van der Waals surface area contributed by atoms with Crippen LogP contribution in [0.4, 0.5) is 26.3 Å². The van der Waals surface area contributed by atoms with Crippen molar-refractivity contribution in [2.45, 2.75) is 61.2 Å². The highest BCUT2D eigenvalue weighted by atomic mass is 32.2. The number of nitrogens with zero attached hydrogens (tertiary/aromatic N) is 3. The number of aromatic nitrogens is 1. The molecule has 1 amide bonds. The Morgan fingerprint density at radius 1 is 0.941 bits per heavy atom. The number of hydrogen-bond acceptors (Lipinski definition) is 7. The third kappa shape index (κ3) is 8.21. The van der Waals surface area contributed by atoms with E-state index in [2.05, 4.69) is 15.2 Å². The minimum atomic E-state index is -4.94. The molecule has 2 aliphatic rings. The lowest BCUT2D eigenvalue weighted by Gasteiger charge is -2.37. The molecular formula is C36H36F6N4O4S. The molecule has 0 bridgehead atoms. The average molecular weight is 735 g/mol. The van der Waals surface area contributed by atoms with Crippen LogP contribution in [0.25, 0.3) is 22.2 Å². The predicted octanol–water partition coefficient (Wildman–Crippen LogP) is 6.39. The summed E-state index contributed by atoms with van der Waals surface area (Å²) in [6, 6.07) is 12.5. The first-order valence-corrected chi connectivity index (χ1v) is 18.3. The molecule has 3 aromatic carbocycles. The molecule has 8 nitrogen and oxygen atoms in total. The van der Waals surface area contributed by atoms with Gasteiger partial charge >= 0.3 is 12.4 Å². The minimum absolute atomic E-state index is 0.0123. The van der Waals surface area contributed by atoms with Gasteiger partial charge in [0, 0.05) is 48.4 Å². The lowest BCUT2D eigenvalue weighted by molar-refractivity contribution is -0.155. The van der Waals surface area contributed by atoms with Gasteiger partial charge in [-0.15, -0.1) is 0 Å². The average Bonchev–Trinajstić information content (AvgIpc) is 3.52. The predicted molar refractivity (Wildman–Crippen MR) is 178 cm³/mol. The Bertz CT molecular complexity index is 2020. The van der Waals surface area contributed by atoms with E-state index in [0.717, 1.165) is 24.9 Å². The molecule has 3 heterocycles. The number of fused-ring (bicyclic) bond motifs is 1. The molecule has 4 aromatic rings. The van der Waals surface area contributed by atoms with Gasteiger partial charge in [0.2, 0.25) is 0 Å². The third-order valence-electron chi connectivity index (χ3n) is 9.56. The molecule has 2 saturated heterocycles. The van der Waals surface area contributed by atoms with E-state index in [-0.39, 0.29) is 56.3 Å². The molecule has 2 aliphatic heterocycles. The monoisotopic (exact) mass is 734 g/mol. The van der Waals surface area contributed by atoms with Crippen LogP contribution >= 0.6 is 0 Å². The van der Waals surface area contributed by atoms with Crippen molar-refractivity contribution < 1.29 is 44.7 Å². The number of piperidine rings is 1. The Labute approximate surface area is 291 Å². The van der Waals surface area contributed by atoms with E-state index in [9.17, 15) is 44.7 Å². The van der Waals surface area contributed by atoms with Crippen molar-refractivity contribution in [1.29, 1.82) is 0 Å². The van der Waals surface area contributed by atoms with Gasteiger partial charge in [0.25, 0.3) is 5.91 Å². The highest BCUT2D eigenvalue weighted by Gasteiger charge is 2.43. The number of rotatable bonds is 8. The second-order valence-corrected chi connectivity index (χ2v) is 15.2. The van der Waals surface area contributed by atoms with Gasteiger partial charge in [0.05, 0.1) is 33.3 Å². The number of sulfone groups is 1. The smallest absolute Gasteiger partial charge is 0.392 e. The zero-order valence-electron chi connectivity index (χ0n) is 27.5. The van der Waals surface area contributed by atoms with Crippen LogP contribution in [0.1, 0.15) is 52.4 Å². The van der Waals surface area contributed by atoms with Crippen LogP contribution < -0.4 is 5.32 Å². The second kappa shape index (κ2) is 14.2. The maximum Gasteiger partial charge on any atom is 0.416 e. The molecule has 2 N–H and O–H groups in total. The standard InChI is InChI=1S/C36H36F6N4O4S/c1-51(49,50)27-10-11-30-28(19-27)31(34(48)44-33(36(40,41)42)22-6-3-2-4-7-22)29(32(43-30)23-8-5-9-24(18-23)35(37,38)39)21-45-15-12-25(13-16-45)46-17-14-26(47)20-46/h2-11,18-19,25-26,33,47H,12-17,20-21H2,1H3,(H,44,48)/t26-,33+/m0/s1.